The van der Waals surface area contributed by atoms with Crippen LogP contribution in [-0.4, -0.2) is 26.3 Å². The van der Waals surface area contributed by atoms with Gasteiger partial charge in [-0.25, -0.2) is 0 Å². The minimum atomic E-state index is 0.563. The van der Waals surface area contributed by atoms with Gasteiger partial charge in [-0.3, -0.25) is 4.68 Å². The summed E-state index contributed by atoms with van der Waals surface area (Å²) >= 11 is 0. The molecule has 0 atom stereocenters. The number of anilines is 2. The van der Waals surface area contributed by atoms with Gasteiger partial charge in [0.1, 0.15) is 5.82 Å². The van der Waals surface area contributed by atoms with Crippen LogP contribution in [0.15, 0.2) is 43.1 Å². The number of aryl methyl sites for hydroxylation is 2. The Labute approximate surface area is 135 Å². The fourth-order valence-electron chi connectivity index (χ4n) is 2.41. The van der Waals surface area contributed by atoms with Gasteiger partial charge in [0.2, 0.25) is 5.95 Å². The molecule has 2 heterocycles. The Morgan fingerprint density at radius 3 is 2.91 bits per heavy atom. The molecule has 2 N–H and O–H groups in total. The minimum absolute atomic E-state index is 0.563. The fraction of sp³-hybridized carbons (Fsp3) is 0.235. The first kappa shape index (κ1) is 15.0. The number of aromatic nitrogens is 4. The van der Waals surface area contributed by atoms with Crippen LogP contribution in [0.25, 0.3) is 11.0 Å². The van der Waals surface area contributed by atoms with Gasteiger partial charge in [0, 0.05) is 20.1 Å². The van der Waals surface area contributed by atoms with Crippen molar-refractivity contribution >= 4 is 22.8 Å². The third kappa shape index (κ3) is 3.31. The molecule has 0 aliphatic carbocycles. The van der Waals surface area contributed by atoms with Crippen molar-refractivity contribution in [3.05, 3.63) is 54.2 Å². The summed E-state index contributed by atoms with van der Waals surface area (Å²) in [6, 6.07) is 8.40. The first-order valence-electron chi connectivity index (χ1n) is 7.51. The van der Waals surface area contributed by atoms with Gasteiger partial charge in [0.15, 0.2) is 5.65 Å². The zero-order valence-corrected chi connectivity index (χ0v) is 13.4. The number of benzene rings is 1. The van der Waals surface area contributed by atoms with Crippen molar-refractivity contribution in [1.29, 1.82) is 0 Å². The van der Waals surface area contributed by atoms with Crippen LogP contribution in [0, 0.1) is 6.92 Å². The first-order valence-corrected chi connectivity index (χ1v) is 7.51. The highest BCUT2D eigenvalue weighted by molar-refractivity contribution is 5.87. The molecule has 0 unspecified atom stereocenters. The molecule has 0 radical (unpaired) electrons. The molecule has 0 bridgehead atoms. The molecule has 23 heavy (non-hydrogen) atoms. The molecule has 118 valence electrons. The smallest absolute Gasteiger partial charge is 0.226 e. The van der Waals surface area contributed by atoms with E-state index in [4.69, 9.17) is 0 Å². The van der Waals surface area contributed by atoms with Gasteiger partial charge in [-0.2, -0.15) is 15.1 Å². The predicted octanol–water partition coefficient (Wildman–Crippen LogP) is 2.88. The van der Waals surface area contributed by atoms with Crippen molar-refractivity contribution in [1.82, 2.24) is 19.7 Å². The molecule has 0 amide bonds. The number of rotatable bonds is 6. The second kappa shape index (κ2) is 6.48. The molecule has 6 heteroatoms. The Morgan fingerprint density at radius 2 is 2.13 bits per heavy atom. The molecular formula is C17H20N6. The topological polar surface area (TPSA) is 67.7 Å². The van der Waals surface area contributed by atoms with Gasteiger partial charge in [-0.05, 0) is 12.5 Å². The van der Waals surface area contributed by atoms with Crippen molar-refractivity contribution in [3.8, 4) is 0 Å². The predicted molar refractivity (Wildman–Crippen MR) is 93.5 cm³/mol. The minimum Gasteiger partial charge on any atom is -0.365 e. The van der Waals surface area contributed by atoms with Crippen LogP contribution in [0.5, 0.6) is 0 Å². The van der Waals surface area contributed by atoms with Crippen molar-refractivity contribution in [2.24, 2.45) is 7.05 Å². The van der Waals surface area contributed by atoms with Crippen LogP contribution in [0.3, 0.4) is 0 Å². The number of nitrogens with zero attached hydrogens (tertiary/aromatic N) is 4. The van der Waals surface area contributed by atoms with E-state index in [0.717, 1.165) is 16.9 Å². The Hall–Kier alpha value is -2.89. The maximum absolute atomic E-state index is 4.55. The fourth-order valence-corrected chi connectivity index (χ4v) is 2.41. The Bertz CT molecular complexity index is 836. The second-order valence-corrected chi connectivity index (χ2v) is 5.41. The highest BCUT2D eigenvalue weighted by Gasteiger charge is 2.11. The molecular weight excluding hydrogens is 288 g/mol. The summed E-state index contributed by atoms with van der Waals surface area (Å²) in [6.07, 6.45) is 3.56. The molecule has 3 rings (SSSR count). The summed E-state index contributed by atoms with van der Waals surface area (Å²) in [5, 5.41) is 11.7. The van der Waals surface area contributed by atoms with Crippen LogP contribution in [0.2, 0.25) is 0 Å². The van der Waals surface area contributed by atoms with E-state index in [0.29, 0.717) is 19.0 Å². The largest absolute Gasteiger partial charge is 0.365 e. The molecule has 0 spiro atoms. The quantitative estimate of drug-likeness (QED) is 0.685. The molecule has 3 aromatic rings. The molecule has 0 aliphatic heterocycles. The molecule has 0 fully saturated rings. The van der Waals surface area contributed by atoms with Gasteiger partial charge in [-0.1, -0.05) is 35.9 Å². The number of hydrogen-bond donors (Lipinski definition) is 2. The molecule has 0 aliphatic rings. The lowest BCUT2D eigenvalue weighted by atomic mass is 10.1. The molecule has 6 nitrogen and oxygen atoms in total. The van der Waals surface area contributed by atoms with Crippen molar-refractivity contribution in [2.75, 3.05) is 17.2 Å². The van der Waals surface area contributed by atoms with Gasteiger partial charge >= 0.3 is 0 Å². The average Bonchev–Trinajstić information content (AvgIpc) is 2.92. The lowest BCUT2D eigenvalue weighted by molar-refractivity contribution is 0.785. The Kier molecular flexibility index (Phi) is 4.23. The number of hydrogen-bond acceptors (Lipinski definition) is 5. The van der Waals surface area contributed by atoms with Crippen LogP contribution in [-0.2, 0) is 13.6 Å². The summed E-state index contributed by atoms with van der Waals surface area (Å²) in [5.74, 6) is 1.34. The lowest BCUT2D eigenvalue weighted by Crippen LogP contribution is -2.08. The van der Waals surface area contributed by atoms with Crippen LogP contribution in [0.1, 0.15) is 11.1 Å². The molecule has 0 saturated heterocycles. The van der Waals surface area contributed by atoms with Gasteiger partial charge in [0.25, 0.3) is 0 Å². The number of nitrogens with one attached hydrogen (secondary N) is 2. The zero-order chi connectivity index (χ0) is 16.2. The molecule has 2 aromatic heterocycles. The van der Waals surface area contributed by atoms with Crippen molar-refractivity contribution in [3.63, 3.8) is 0 Å². The SMILES string of the molecule is C=CCNc1nc(NCc2cccc(C)c2)c2cnn(C)c2n1. The third-order valence-electron chi connectivity index (χ3n) is 3.54. The summed E-state index contributed by atoms with van der Waals surface area (Å²) in [4.78, 5) is 9.05. The van der Waals surface area contributed by atoms with E-state index in [-0.39, 0.29) is 0 Å². The van der Waals surface area contributed by atoms with Gasteiger partial charge in [-0.15, -0.1) is 6.58 Å². The van der Waals surface area contributed by atoms with Crippen LogP contribution < -0.4 is 10.6 Å². The van der Waals surface area contributed by atoms with E-state index in [1.165, 1.54) is 11.1 Å². The van der Waals surface area contributed by atoms with Gasteiger partial charge in [0.05, 0.1) is 11.6 Å². The maximum Gasteiger partial charge on any atom is 0.226 e. The van der Waals surface area contributed by atoms with E-state index < -0.39 is 0 Å². The van der Waals surface area contributed by atoms with Crippen LogP contribution >= 0.6 is 0 Å². The standard InChI is InChI=1S/C17H20N6/c1-4-8-18-17-21-15(14-11-20-23(3)16(14)22-17)19-10-13-7-5-6-12(2)9-13/h4-7,9,11H,1,8,10H2,2-3H3,(H2,18,19,21,22). The van der Waals surface area contributed by atoms with E-state index >= 15 is 0 Å². The molecule has 1 aromatic carbocycles. The van der Waals surface area contributed by atoms with Gasteiger partial charge < -0.3 is 10.6 Å². The summed E-state index contributed by atoms with van der Waals surface area (Å²) in [5.41, 5.74) is 3.24. The third-order valence-corrected chi connectivity index (χ3v) is 3.54. The first-order chi connectivity index (χ1) is 11.2. The zero-order valence-electron chi connectivity index (χ0n) is 13.4. The normalized spacial score (nSPS) is 10.7. The van der Waals surface area contributed by atoms with Crippen molar-refractivity contribution in [2.45, 2.75) is 13.5 Å². The van der Waals surface area contributed by atoms with E-state index in [9.17, 15) is 0 Å². The van der Waals surface area contributed by atoms with E-state index in [1.54, 1.807) is 17.0 Å². The second-order valence-electron chi connectivity index (χ2n) is 5.41. The summed E-state index contributed by atoms with van der Waals surface area (Å²) in [7, 11) is 1.87. The van der Waals surface area contributed by atoms with Crippen LogP contribution in [0.4, 0.5) is 11.8 Å². The lowest BCUT2D eigenvalue weighted by Gasteiger charge is -2.10. The van der Waals surface area contributed by atoms with E-state index in [2.05, 4.69) is 63.5 Å². The number of fused-ring (bicyclic) bond motifs is 1. The highest BCUT2D eigenvalue weighted by atomic mass is 15.3. The monoisotopic (exact) mass is 308 g/mol. The molecule has 0 saturated carbocycles. The van der Waals surface area contributed by atoms with E-state index in [1.807, 2.05) is 7.05 Å². The Balaban J connectivity index is 1.90. The average molecular weight is 308 g/mol. The Morgan fingerprint density at radius 1 is 1.26 bits per heavy atom. The summed E-state index contributed by atoms with van der Waals surface area (Å²) < 4.78 is 1.74. The highest BCUT2D eigenvalue weighted by Crippen LogP contribution is 2.22. The maximum atomic E-state index is 4.55. The summed E-state index contributed by atoms with van der Waals surface area (Å²) in [6.45, 7) is 7.10. The van der Waals surface area contributed by atoms with Crippen molar-refractivity contribution < 1.29 is 0 Å².